The van der Waals surface area contributed by atoms with Gasteiger partial charge in [0, 0.05) is 22.6 Å². The molecule has 0 unspecified atom stereocenters. The largest absolute Gasteiger partial charge is 0.318 e. The molecule has 7 heteroatoms. The molecule has 2 aromatic carbocycles. The average molecular weight is 468 g/mol. The lowest BCUT2D eigenvalue weighted by Gasteiger charge is -2.20. The number of benzene rings is 2. The molecule has 2 aliphatic heterocycles. The van der Waals surface area contributed by atoms with E-state index >= 15 is 0 Å². The van der Waals surface area contributed by atoms with Crippen LogP contribution in [0, 0.1) is 26.2 Å². The van der Waals surface area contributed by atoms with Gasteiger partial charge in [-0.05, 0) is 80.4 Å². The van der Waals surface area contributed by atoms with Gasteiger partial charge in [-0.1, -0.05) is 42.8 Å². The number of hydrogen-bond donors (Lipinski definition) is 1. The van der Waals surface area contributed by atoms with Gasteiger partial charge in [-0.2, -0.15) is 15.1 Å². The van der Waals surface area contributed by atoms with Crippen LogP contribution in [0.15, 0.2) is 70.3 Å². The summed E-state index contributed by atoms with van der Waals surface area (Å²) in [5, 5.41) is 15.9. The number of rotatable bonds is 4. The molecular formula is C27H25N5OS. The number of carbonyl (C=O) groups is 1. The highest BCUT2D eigenvalue weighted by Crippen LogP contribution is 2.32. The molecule has 34 heavy (non-hydrogen) atoms. The van der Waals surface area contributed by atoms with Gasteiger partial charge in [0.1, 0.15) is 5.04 Å². The van der Waals surface area contributed by atoms with Crippen molar-refractivity contribution in [3.8, 4) is 5.69 Å². The normalized spacial score (nSPS) is 16.7. The van der Waals surface area contributed by atoms with E-state index in [2.05, 4.69) is 45.9 Å². The van der Waals surface area contributed by atoms with Crippen LogP contribution in [0.2, 0.25) is 0 Å². The summed E-state index contributed by atoms with van der Waals surface area (Å²) in [6.45, 7) is 8.23. The predicted molar refractivity (Wildman–Crippen MR) is 140 cm³/mol. The summed E-state index contributed by atoms with van der Waals surface area (Å²) in [7, 11) is 0. The Hall–Kier alpha value is -3.71. The van der Waals surface area contributed by atoms with E-state index in [0.717, 1.165) is 45.2 Å². The number of hydrogen-bond acceptors (Lipinski definition) is 4. The van der Waals surface area contributed by atoms with Gasteiger partial charge in [-0.25, -0.2) is 0 Å². The molecule has 0 fully saturated rings. The molecule has 1 amide bonds. The summed E-state index contributed by atoms with van der Waals surface area (Å²) in [5.41, 5.74) is 7.62. The number of aliphatic imine (C=N–C) groups is 1. The number of carbonyl (C=O) groups excluding carboxylic acids is 1. The van der Waals surface area contributed by atoms with Crippen LogP contribution >= 0.6 is 11.8 Å². The van der Waals surface area contributed by atoms with Crippen LogP contribution in [-0.2, 0) is 11.2 Å². The Labute approximate surface area is 203 Å². The second-order valence-corrected chi connectivity index (χ2v) is 9.43. The van der Waals surface area contributed by atoms with Gasteiger partial charge >= 0.3 is 0 Å². The fraction of sp³-hybridized carbons (Fsp3) is 0.185. The van der Waals surface area contributed by atoms with Gasteiger partial charge in [0.25, 0.3) is 5.91 Å². The number of hydrazone groups is 1. The predicted octanol–water partition coefficient (Wildman–Crippen LogP) is 5.63. The Kier molecular flexibility index (Phi) is 5.57. The average Bonchev–Trinajstić information content (AvgIpc) is 3.37. The molecule has 0 aliphatic carbocycles. The Morgan fingerprint density at radius 1 is 1.06 bits per heavy atom. The van der Waals surface area contributed by atoms with Crippen molar-refractivity contribution in [3.63, 3.8) is 0 Å². The fourth-order valence-electron chi connectivity index (χ4n) is 4.25. The second kappa shape index (κ2) is 8.57. The maximum Gasteiger partial charge on any atom is 0.283 e. The topological polar surface area (TPSA) is 73.8 Å². The molecule has 1 N–H and O–H groups in total. The highest BCUT2D eigenvalue weighted by atomic mass is 32.2. The maximum atomic E-state index is 12.9. The second-order valence-electron chi connectivity index (χ2n) is 8.48. The van der Waals surface area contributed by atoms with E-state index in [1.165, 1.54) is 22.3 Å². The Bertz CT molecular complexity index is 1430. The number of fused-ring (bicyclic) bond motifs is 1. The lowest BCUT2D eigenvalue weighted by Crippen LogP contribution is -2.35. The zero-order valence-corrected chi connectivity index (χ0v) is 20.4. The standard InChI is InChI=1S/C27H25N5OS/c1-5-19-9-11-22(12-10-19)31-17(3)14-21(18(31)4)15-23-24(28)32-27(29-25(23)33)34-26(30-32)20-8-6-7-16(2)13-20/h6-15,28H,5H2,1-4H3/b23-15+,28-24?. The van der Waals surface area contributed by atoms with Gasteiger partial charge in [-0.15, -0.1) is 0 Å². The third-order valence-electron chi connectivity index (χ3n) is 6.09. The molecule has 0 saturated carbocycles. The van der Waals surface area contributed by atoms with E-state index in [0.29, 0.717) is 5.17 Å². The van der Waals surface area contributed by atoms with Crippen LogP contribution in [0.1, 0.15) is 40.6 Å². The Morgan fingerprint density at radius 2 is 1.82 bits per heavy atom. The zero-order valence-electron chi connectivity index (χ0n) is 19.6. The molecule has 5 rings (SSSR count). The number of aryl methyl sites for hydroxylation is 3. The minimum Gasteiger partial charge on any atom is -0.318 e. The van der Waals surface area contributed by atoms with Crippen LogP contribution in [0.3, 0.4) is 0 Å². The zero-order chi connectivity index (χ0) is 24.0. The molecule has 1 aromatic heterocycles. The summed E-state index contributed by atoms with van der Waals surface area (Å²) >= 11 is 1.32. The van der Waals surface area contributed by atoms with Crippen LogP contribution in [-0.4, -0.2) is 31.5 Å². The number of amidine groups is 2. The van der Waals surface area contributed by atoms with Crippen molar-refractivity contribution in [1.29, 1.82) is 5.41 Å². The molecule has 6 nitrogen and oxygen atoms in total. The van der Waals surface area contributed by atoms with Crippen molar-refractivity contribution in [3.05, 3.63) is 93.8 Å². The molecule has 3 heterocycles. The van der Waals surface area contributed by atoms with E-state index in [1.54, 1.807) is 6.08 Å². The maximum absolute atomic E-state index is 12.9. The summed E-state index contributed by atoms with van der Waals surface area (Å²) in [6, 6.07) is 18.5. The van der Waals surface area contributed by atoms with Crippen molar-refractivity contribution in [2.75, 3.05) is 0 Å². The first-order chi connectivity index (χ1) is 16.4. The minimum atomic E-state index is -0.415. The summed E-state index contributed by atoms with van der Waals surface area (Å²) < 4.78 is 2.16. The van der Waals surface area contributed by atoms with E-state index in [1.807, 2.05) is 51.1 Å². The quantitative estimate of drug-likeness (QED) is 0.505. The Morgan fingerprint density at radius 3 is 2.53 bits per heavy atom. The van der Waals surface area contributed by atoms with Gasteiger partial charge in [0.2, 0.25) is 5.17 Å². The first-order valence-corrected chi connectivity index (χ1v) is 12.0. The molecule has 170 valence electrons. The number of nitrogens with zero attached hydrogens (tertiary/aromatic N) is 4. The molecule has 0 spiro atoms. The van der Waals surface area contributed by atoms with E-state index in [4.69, 9.17) is 5.41 Å². The summed E-state index contributed by atoms with van der Waals surface area (Å²) in [5.74, 6) is -0.371. The van der Waals surface area contributed by atoms with E-state index in [-0.39, 0.29) is 11.4 Å². The molecule has 0 atom stereocenters. The highest BCUT2D eigenvalue weighted by molar-refractivity contribution is 8.27. The highest BCUT2D eigenvalue weighted by Gasteiger charge is 2.36. The minimum absolute atomic E-state index is 0.0438. The fourth-order valence-corrected chi connectivity index (χ4v) is 5.14. The van der Waals surface area contributed by atoms with Gasteiger partial charge in [0.05, 0.1) is 5.57 Å². The van der Waals surface area contributed by atoms with Crippen molar-refractivity contribution in [2.45, 2.75) is 34.1 Å². The summed E-state index contributed by atoms with van der Waals surface area (Å²) in [6.07, 6.45) is 2.76. The van der Waals surface area contributed by atoms with Crippen LogP contribution in [0.5, 0.6) is 0 Å². The van der Waals surface area contributed by atoms with Crippen molar-refractivity contribution in [2.24, 2.45) is 10.1 Å². The van der Waals surface area contributed by atoms with Crippen molar-refractivity contribution in [1.82, 2.24) is 9.58 Å². The first-order valence-electron chi connectivity index (χ1n) is 11.2. The van der Waals surface area contributed by atoms with Crippen LogP contribution in [0.25, 0.3) is 11.8 Å². The van der Waals surface area contributed by atoms with E-state index < -0.39 is 5.91 Å². The third-order valence-corrected chi connectivity index (χ3v) is 7.05. The summed E-state index contributed by atoms with van der Waals surface area (Å²) in [4.78, 5) is 17.1. The lowest BCUT2D eigenvalue weighted by molar-refractivity contribution is -0.114. The van der Waals surface area contributed by atoms with Gasteiger partial charge in [0.15, 0.2) is 5.84 Å². The molecule has 2 aliphatic rings. The monoisotopic (exact) mass is 467 g/mol. The van der Waals surface area contributed by atoms with Gasteiger partial charge in [-0.3, -0.25) is 10.2 Å². The molecule has 0 saturated heterocycles. The lowest BCUT2D eigenvalue weighted by atomic mass is 10.1. The Balaban J connectivity index is 1.49. The van der Waals surface area contributed by atoms with Crippen molar-refractivity contribution < 1.29 is 4.79 Å². The molecule has 3 aromatic rings. The van der Waals surface area contributed by atoms with Gasteiger partial charge < -0.3 is 4.57 Å². The van der Waals surface area contributed by atoms with Crippen molar-refractivity contribution >= 4 is 39.8 Å². The smallest absolute Gasteiger partial charge is 0.283 e. The number of amides is 1. The van der Waals surface area contributed by atoms with E-state index in [9.17, 15) is 4.79 Å². The third kappa shape index (κ3) is 3.82. The number of nitrogens with one attached hydrogen (secondary N) is 1. The molecule has 0 radical (unpaired) electrons. The molecule has 0 bridgehead atoms. The molecular weight excluding hydrogens is 442 g/mol. The van der Waals surface area contributed by atoms with Crippen LogP contribution < -0.4 is 0 Å². The number of aromatic nitrogens is 1. The van der Waals surface area contributed by atoms with Crippen LogP contribution in [0.4, 0.5) is 0 Å². The number of thioether (sulfide) groups is 1. The first kappa shape index (κ1) is 22.1. The SMILES string of the molecule is CCc1ccc(-n2c(C)cc(/C=C3\C(=N)N4N=C(c5cccc(C)c5)SC4=NC3=O)c2C)cc1.